The third kappa shape index (κ3) is 5.52. The van der Waals surface area contributed by atoms with Gasteiger partial charge in [-0.15, -0.1) is 0 Å². The maximum absolute atomic E-state index is 12.1. The molecule has 4 nitrogen and oxygen atoms in total. The normalized spacial score (nSPS) is 16.7. The van der Waals surface area contributed by atoms with E-state index in [-0.39, 0.29) is 6.04 Å². The van der Waals surface area contributed by atoms with E-state index in [0.717, 1.165) is 36.5 Å². The Morgan fingerprint density at radius 3 is 2.52 bits per heavy atom. The fraction of sp³-hybridized carbons (Fsp3) is 0.600. The van der Waals surface area contributed by atoms with Crippen molar-refractivity contribution in [2.75, 3.05) is 16.8 Å². The zero-order valence-electron chi connectivity index (χ0n) is 12.6. The summed E-state index contributed by atoms with van der Waals surface area (Å²) in [7, 11) is -3.34. The summed E-state index contributed by atoms with van der Waals surface area (Å²) in [5.41, 5.74) is 0.967. The summed E-state index contributed by atoms with van der Waals surface area (Å²) in [6, 6.07) is 7.54. The smallest absolute Gasteiger partial charge is 0.240 e. The van der Waals surface area contributed by atoms with Gasteiger partial charge in [0.15, 0.2) is 0 Å². The molecule has 0 spiro atoms. The molecule has 0 aromatic heterocycles. The van der Waals surface area contributed by atoms with E-state index in [1.807, 2.05) is 23.9 Å². The van der Waals surface area contributed by atoms with Crippen molar-refractivity contribution in [1.29, 1.82) is 0 Å². The summed E-state index contributed by atoms with van der Waals surface area (Å²) in [5.74, 6) is 2.29. The minimum Gasteiger partial charge on any atom is -0.383 e. The van der Waals surface area contributed by atoms with E-state index in [0.29, 0.717) is 10.9 Å². The Kier molecular flexibility index (Phi) is 5.96. The second-order valence-electron chi connectivity index (χ2n) is 5.45. The molecule has 0 heterocycles. The molecule has 1 aromatic carbocycles. The average molecular weight is 329 g/mol. The Morgan fingerprint density at radius 2 is 1.95 bits per heavy atom. The lowest BCUT2D eigenvalue weighted by atomic mass is 10.2. The average Bonchev–Trinajstić information content (AvgIpc) is 3.23. The Labute approximate surface area is 132 Å². The van der Waals surface area contributed by atoms with Gasteiger partial charge in [-0.2, -0.15) is 11.8 Å². The Bertz CT molecular complexity index is 539. The maximum Gasteiger partial charge on any atom is 0.240 e. The summed E-state index contributed by atoms with van der Waals surface area (Å²) < 4.78 is 26.8. The Morgan fingerprint density at radius 1 is 1.29 bits per heavy atom. The van der Waals surface area contributed by atoms with Gasteiger partial charge in [0, 0.05) is 17.8 Å². The van der Waals surface area contributed by atoms with Crippen molar-refractivity contribution >= 4 is 27.5 Å². The molecule has 0 radical (unpaired) electrons. The van der Waals surface area contributed by atoms with Crippen LogP contribution in [0.3, 0.4) is 0 Å². The first-order valence-electron chi connectivity index (χ1n) is 7.48. The van der Waals surface area contributed by atoms with Crippen LogP contribution >= 0.6 is 11.8 Å². The molecule has 0 aliphatic heterocycles. The van der Waals surface area contributed by atoms with Crippen molar-refractivity contribution in [3.63, 3.8) is 0 Å². The van der Waals surface area contributed by atoms with Gasteiger partial charge in [-0.05, 0) is 62.0 Å². The molecule has 1 atom stereocenters. The number of hydrogen-bond acceptors (Lipinski definition) is 4. The van der Waals surface area contributed by atoms with Gasteiger partial charge in [0.1, 0.15) is 0 Å². The number of hydrogen-bond donors (Lipinski definition) is 2. The molecule has 0 amide bonds. The van der Waals surface area contributed by atoms with Crippen LogP contribution in [0, 0.1) is 0 Å². The molecule has 118 valence electrons. The van der Waals surface area contributed by atoms with Gasteiger partial charge >= 0.3 is 0 Å². The third-order valence-electron chi connectivity index (χ3n) is 3.38. The predicted molar refractivity (Wildman–Crippen MR) is 90.5 cm³/mol. The maximum atomic E-state index is 12.1. The molecule has 1 aliphatic rings. The number of anilines is 1. The van der Waals surface area contributed by atoms with Crippen molar-refractivity contribution in [1.82, 2.24) is 4.72 Å². The molecule has 21 heavy (non-hydrogen) atoms. The first-order valence-corrected chi connectivity index (χ1v) is 10.1. The summed E-state index contributed by atoms with van der Waals surface area (Å²) >= 11 is 1.94. The fourth-order valence-corrected chi connectivity index (χ4v) is 4.09. The van der Waals surface area contributed by atoms with Crippen molar-refractivity contribution in [2.45, 2.75) is 50.1 Å². The van der Waals surface area contributed by atoms with Crippen molar-refractivity contribution < 1.29 is 8.42 Å². The summed E-state index contributed by atoms with van der Waals surface area (Å²) in [4.78, 5) is 0.342. The number of thioether (sulfide) groups is 1. The van der Waals surface area contributed by atoms with Gasteiger partial charge in [-0.1, -0.05) is 6.92 Å². The second kappa shape index (κ2) is 7.51. The van der Waals surface area contributed by atoms with Gasteiger partial charge < -0.3 is 5.32 Å². The van der Waals surface area contributed by atoms with Crippen LogP contribution in [0.1, 0.15) is 33.1 Å². The van der Waals surface area contributed by atoms with E-state index < -0.39 is 10.0 Å². The zero-order valence-corrected chi connectivity index (χ0v) is 14.3. The van der Waals surface area contributed by atoms with E-state index in [4.69, 9.17) is 0 Å². The topological polar surface area (TPSA) is 58.2 Å². The fourth-order valence-electron chi connectivity index (χ4n) is 1.98. The van der Waals surface area contributed by atoms with Crippen molar-refractivity contribution in [3.8, 4) is 0 Å². The standard InChI is InChI=1S/C15H24N2O2S2/c1-3-20-11-10-12(2)16-13-6-8-15(9-7-13)21(18,19)17-14-4-5-14/h6-9,12,14,16-17H,3-5,10-11H2,1-2H3. The molecule has 2 rings (SSSR count). The lowest BCUT2D eigenvalue weighted by Gasteiger charge is -2.15. The molecule has 0 saturated heterocycles. The first-order chi connectivity index (χ1) is 10.0. The van der Waals surface area contributed by atoms with Crippen molar-refractivity contribution in [2.24, 2.45) is 0 Å². The quantitative estimate of drug-likeness (QED) is 0.684. The minimum atomic E-state index is -3.34. The second-order valence-corrected chi connectivity index (χ2v) is 8.56. The molecule has 1 aromatic rings. The summed E-state index contributed by atoms with van der Waals surface area (Å²) in [6.45, 7) is 4.31. The van der Waals surface area contributed by atoms with Gasteiger partial charge in [0.25, 0.3) is 0 Å². The van der Waals surface area contributed by atoms with Crippen LogP contribution in [-0.2, 0) is 10.0 Å². The molecular weight excluding hydrogens is 304 g/mol. The Hall–Kier alpha value is -0.720. The lowest BCUT2D eigenvalue weighted by molar-refractivity contribution is 0.581. The van der Waals surface area contributed by atoms with Crippen LogP contribution in [-0.4, -0.2) is 32.0 Å². The molecule has 1 fully saturated rings. The highest BCUT2D eigenvalue weighted by atomic mass is 32.2. The summed E-state index contributed by atoms with van der Waals surface area (Å²) in [5, 5.41) is 3.40. The number of rotatable bonds is 9. The third-order valence-corrected chi connectivity index (χ3v) is 5.85. The number of sulfonamides is 1. The lowest BCUT2D eigenvalue weighted by Crippen LogP contribution is -2.25. The zero-order chi connectivity index (χ0) is 15.3. The highest BCUT2D eigenvalue weighted by Gasteiger charge is 2.27. The first kappa shape index (κ1) is 16.6. The summed E-state index contributed by atoms with van der Waals surface area (Å²) in [6.07, 6.45) is 3.00. The molecule has 1 saturated carbocycles. The molecular formula is C15H24N2O2S2. The van der Waals surface area contributed by atoms with Gasteiger partial charge in [-0.3, -0.25) is 0 Å². The monoisotopic (exact) mass is 328 g/mol. The van der Waals surface area contributed by atoms with Crippen LogP contribution in [0.5, 0.6) is 0 Å². The van der Waals surface area contributed by atoms with E-state index >= 15 is 0 Å². The molecule has 1 aliphatic carbocycles. The predicted octanol–water partition coefficient (Wildman–Crippen LogP) is 3.07. The molecule has 1 unspecified atom stereocenters. The number of nitrogens with one attached hydrogen (secondary N) is 2. The van der Waals surface area contributed by atoms with E-state index in [2.05, 4.69) is 23.9 Å². The molecule has 6 heteroatoms. The van der Waals surface area contributed by atoms with E-state index in [9.17, 15) is 8.42 Å². The van der Waals surface area contributed by atoms with Crippen LogP contribution in [0.4, 0.5) is 5.69 Å². The number of benzene rings is 1. The van der Waals surface area contributed by atoms with Crippen LogP contribution in [0.2, 0.25) is 0 Å². The van der Waals surface area contributed by atoms with Crippen LogP contribution < -0.4 is 10.0 Å². The minimum absolute atomic E-state index is 0.142. The van der Waals surface area contributed by atoms with Crippen LogP contribution in [0.25, 0.3) is 0 Å². The van der Waals surface area contributed by atoms with Crippen LogP contribution in [0.15, 0.2) is 29.2 Å². The van der Waals surface area contributed by atoms with Crippen molar-refractivity contribution in [3.05, 3.63) is 24.3 Å². The van der Waals surface area contributed by atoms with E-state index in [1.54, 1.807) is 12.1 Å². The van der Waals surface area contributed by atoms with Gasteiger partial charge in [-0.25, -0.2) is 13.1 Å². The Balaban J connectivity index is 1.89. The SMILES string of the molecule is CCSCCC(C)Nc1ccc(S(=O)(=O)NC2CC2)cc1. The molecule has 2 N–H and O–H groups in total. The van der Waals surface area contributed by atoms with Gasteiger partial charge in [0.2, 0.25) is 10.0 Å². The largest absolute Gasteiger partial charge is 0.383 e. The molecule has 0 bridgehead atoms. The van der Waals surface area contributed by atoms with E-state index in [1.165, 1.54) is 0 Å². The highest BCUT2D eigenvalue weighted by molar-refractivity contribution is 7.99. The van der Waals surface area contributed by atoms with Gasteiger partial charge in [0.05, 0.1) is 4.90 Å². The highest BCUT2D eigenvalue weighted by Crippen LogP contribution is 2.23.